The predicted octanol–water partition coefficient (Wildman–Crippen LogP) is 2.72. The summed E-state index contributed by atoms with van der Waals surface area (Å²) in [7, 11) is 1.75. The summed E-state index contributed by atoms with van der Waals surface area (Å²) in [6.45, 7) is 3.70. The number of benzene rings is 1. The van der Waals surface area contributed by atoms with Crippen LogP contribution in [0.5, 0.6) is 0 Å². The van der Waals surface area contributed by atoms with Crippen molar-refractivity contribution in [2.24, 2.45) is 5.73 Å². The van der Waals surface area contributed by atoms with Gasteiger partial charge in [-0.15, -0.1) is 0 Å². The maximum absolute atomic E-state index is 5.57. The van der Waals surface area contributed by atoms with Crippen molar-refractivity contribution in [3.8, 4) is 0 Å². The van der Waals surface area contributed by atoms with Crippen LogP contribution in [0.1, 0.15) is 25.3 Å². The molecule has 0 amide bonds. The highest BCUT2D eigenvalue weighted by Gasteiger charge is 2.12. The first-order valence-electron chi connectivity index (χ1n) is 6.85. The van der Waals surface area contributed by atoms with Crippen LogP contribution in [-0.4, -0.2) is 32.3 Å². The zero-order valence-electron chi connectivity index (χ0n) is 11.9. The van der Waals surface area contributed by atoms with E-state index in [9.17, 15) is 0 Å². The number of nitrogens with one attached hydrogen (secondary N) is 1. The molecule has 0 aromatic heterocycles. The Morgan fingerprint density at radius 1 is 1.32 bits per heavy atom. The van der Waals surface area contributed by atoms with E-state index in [1.807, 2.05) is 0 Å². The molecule has 1 aromatic rings. The summed E-state index contributed by atoms with van der Waals surface area (Å²) < 4.78 is 6.38. The number of nitrogens with two attached hydrogens (primary N) is 1. The third-order valence-electron chi connectivity index (χ3n) is 3.10. The van der Waals surface area contributed by atoms with Gasteiger partial charge in [-0.05, 0) is 50.4 Å². The summed E-state index contributed by atoms with van der Waals surface area (Å²) >= 11 is 3.46. The van der Waals surface area contributed by atoms with E-state index in [4.69, 9.17) is 10.5 Å². The Labute approximate surface area is 125 Å². The average molecular weight is 329 g/mol. The fourth-order valence-electron chi connectivity index (χ4n) is 2.22. The Balaban J connectivity index is 2.42. The second-order valence-electron chi connectivity index (χ2n) is 4.98. The zero-order valence-corrected chi connectivity index (χ0v) is 13.4. The van der Waals surface area contributed by atoms with Gasteiger partial charge in [0.25, 0.3) is 0 Å². The van der Waals surface area contributed by atoms with Crippen molar-refractivity contribution in [1.82, 2.24) is 5.32 Å². The average Bonchev–Trinajstić information content (AvgIpc) is 2.39. The molecule has 3 nitrogen and oxygen atoms in total. The van der Waals surface area contributed by atoms with E-state index in [1.165, 1.54) is 5.56 Å². The highest BCUT2D eigenvalue weighted by Crippen LogP contribution is 2.12. The van der Waals surface area contributed by atoms with E-state index in [0.717, 1.165) is 36.9 Å². The molecule has 0 bridgehead atoms. The molecule has 0 spiro atoms. The molecule has 0 fully saturated rings. The standard InChI is InChI=1S/C15H25BrN2O/c1-12(10-13-5-7-14(16)8-6-13)18-15(11-19-2)4-3-9-17/h5-8,12,15,18H,3-4,9-11,17H2,1-2H3. The van der Waals surface area contributed by atoms with E-state index in [2.05, 4.69) is 52.4 Å². The van der Waals surface area contributed by atoms with Crippen molar-refractivity contribution < 1.29 is 4.74 Å². The SMILES string of the molecule is COCC(CCCN)NC(C)Cc1ccc(Br)cc1. The van der Waals surface area contributed by atoms with Gasteiger partial charge in [-0.1, -0.05) is 28.1 Å². The number of methoxy groups -OCH3 is 1. The first-order valence-corrected chi connectivity index (χ1v) is 7.64. The van der Waals surface area contributed by atoms with Gasteiger partial charge in [-0.2, -0.15) is 0 Å². The van der Waals surface area contributed by atoms with Gasteiger partial charge in [-0.25, -0.2) is 0 Å². The Kier molecular flexibility index (Phi) is 8.30. The third-order valence-corrected chi connectivity index (χ3v) is 3.63. The minimum Gasteiger partial charge on any atom is -0.383 e. The van der Waals surface area contributed by atoms with E-state index < -0.39 is 0 Å². The lowest BCUT2D eigenvalue weighted by Gasteiger charge is -2.23. The number of halogens is 1. The van der Waals surface area contributed by atoms with Crippen molar-refractivity contribution >= 4 is 15.9 Å². The molecular formula is C15H25BrN2O. The molecule has 4 heteroatoms. The van der Waals surface area contributed by atoms with Crippen LogP contribution in [0.15, 0.2) is 28.7 Å². The van der Waals surface area contributed by atoms with Crippen LogP contribution in [0.2, 0.25) is 0 Å². The highest BCUT2D eigenvalue weighted by molar-refractivity contribution is 9.10. The van der Waals surface area contributed by atoms with Crippen molar-refractivity contribution in [3.05, 3.63) is 34.3 Å². The molecule has 0 radical (unpaired) electrons. The Morgan fingerprint density at radius 2 is 2.00 bits per heavy atom. The second-order valence-corrected chi connectivity index (χ2v) is 5.90. The summed E-state index contributed by atoms with van der Waals surface area (Å²) in [5.74, 6) is 0. The van der Waals surface area contributed by atoms with E-state index in [1.54, 1.807) is 7.11 Å². The molecule has 0 saturated carbocycles. The minimum atomic E-state index is 0.388. The number of hydrogen-bond donors (Lipinski definition) is 2. The molecular weight excluding hydrogens is 304 g/mol. The first kappa shape index (κ1) is 16.6. The molecule has 19 heavy (non-hydrogen) atoms. The van der Waals surface area contributed by atoms with Gasteiger partial charge < -0.3 is 15.8 Å². The monoisotopic (exact) mass is 328 g/mol. The summed E-state index contributed by atoms with van der Waals surface area (Å²) in [6, 6.07) is 9.31. The molecule has 1 rings (SSSR count). The molecule has 0 aliphatic carbocycles. The summed E-state index contributed by atoms with van der Waals surface area (Å²) in [5, 5.41) is 3.62. The maximum atomic E-state index is 5.57. The summed E-state index contributed by atoms with van der Waals surface area (Å²) in [4.78, 5) is 0. The molecule has 0 saturated heterocycles. The van der Waals surface area contributed by atoms with Crippen molar-refractivity contribution in [2.45, 2.75) is 38.3 Å². The lowest BCUT2D eigenvalue weighted by molar-refractivity contribution is 0.156. The lowest BCUT2D eigenvalue weighted by atomic mass is 10.1. The van der Waals surface area contributed by atoms with Crippen molar-refractivity contribution in [3.63, 3.8) is 0 Å². The van der Waals surface area contributed by atoms with Gasteiger partial charge in [0.15, 0.2) is 0 Å². The quantitative estimate of drug-likeness (QED) is 0.732. The van der Waals surface area contributed by atoms with Gasteiger partial charge in [0.2, 0.25) is 0 Å². The number of ether oxygens (including phenoxy) is 1. The predicted molar refractivity (Wildman–Crippen MR) is 84.4 cm³/mol. The molecule has 0 heterocycles. The van der Waals surface area contributed by atoms with Gasteiger partial charge in [-0.3, -0.25) is 0 Å². The largest absolute Gasteiger partial charge is 0.383 e. The molecule has 1 aromatic carbocycles. The van der Waals surface area contributed by atoms with Crippen LogP contribution < -0.4 is 11.1 Å². The van der Waals surface area contributed by atoms with Crippen molar-refractivity contribution in [1.29, 1.82) is 0 Å². The molecule has 0 aliphatic rings. The highest BCUT2D eigenvalue weighted by atomic mass is 79.9. The van der Waals surface area contributed by atoms with Crippen LogP contribution >= 0.6 is 15.9 Å². The van der Waals surface area contributed by atoms with E-state index >= 15 is 0 Å². The maximum Gasteiger partial charge on any atom is 0.0615 e. The van der Waals surface area contributed by atoms with Gasteiger partial charge in [0.1, 0.15) is 0 Å². The second kappa shape index (κ2) is 9.48. The zero-order chi connectivity index (χ0) is 14.1. The summed E-state index contributed by atoms with van der Waals surface area (Å²) in [5.41, 5.74) is 6.91. The Hall–Kier alpha value is -0.420. The fraction of sp³-hybridized carbons (Fsp3) is 0.600. The minimum absolute atomic E-state index is 0.388. The normalized spacial score (nSPS) is 14.3. The van der Waals surface area contributed by atoms with Crippen LogP contribution in [0, 0.1) is 0 Å². The first-order chi connectivity index (χ1) is 9.15. The molecule has 2 atom stereocenters. The van der Waals surface area contributed by atoms with Crippen LogP contribution in [0.25, 0.3) is 0 Å². The Morgan fingerprint density at radius 3 is 2.58 bits per heavy atom. The Bertz CT molecular complexity index is 343. The topological polar surface area (TPSA) is 47.3 Å². The number of hydrogen-bond acceptors (Lipinski definition) is 3. The van der Waals surface area contributed by atoms with Crippen LogP contribution in [0.4, 0.5) is 0 Å². The van der Waals surface area contributed by atoms with Gasteiger partial charge >= 0.3 is 0 Å². The molecule has 0 aliphatic heterocycles. The smallest absolute Gasteiger partial charge is 0.0615 e. The van der Waals surface area contributed by atoms with Gasteiger partial charge in [0.05, 0.1) is 6.61 Å². The lowest BCUT2D eigenvalue weighted by Crippen LogP contribution is -2.40. The van der Waals surface area contributed by atoms with Crippen LogP contribution in [0.3, 0.4) is 0 Å². The van der Waals surface area contributed by atoms with Gasteiger partial charge in [0, 0.05) is 23.7 Å². The molecule has 108 valence electrons. The van der Waals surface area contributed by atoms with E-state index in [0.29, 0.717) is 12.1 Å². The third kappa shape index (κ3) is 7.06. The van der Waals surface area contributed by atoms with Crippen LogP contribution in [-0.2, 0) is 11.2 Å². The van der Waals surface area contributed by atoms with Crippen molar-refractivity contribution in [2.75, 3.05) is 20.3 Å². The molecule has 2 unspecified atom stereocenters. The fourth-order valence-corrected chi connectivity index (χ4v) is 2.48. The van der Waals surface area contributed by atoms with E-state index in [-0.39, 0.29) is 0 Å². The summed E-state index contributed by atoms with van der Waals surface area (Å²) in [6.07, 6.45) is 3.12. The number of rotatable bonds is 9. The molecule has 3 N–H and O–H groups in total.